The van der Waals surface area contributed by atoms with Crippen LogP contribution in [0.3, 0.4) is 0 Å². The number of nitrogens with one attached hydrogen (secondary N) is 1. The first-order valence-corrected chi connectivity index (χ1v) is 7.49. The van der Waals surface area contributed by atoms with Crippen LogP contribution >= 0.6 is 0 Å². The van der Waals surface area contributed by atoms with Crippen LogP contribution in [0.25, 0.3) is 0 Å². The van der Waals surface area contributed by atoms with E-state index in [-0.39, 0.29) is 12.1 Å². The van der Waals surface area contributed by atoms with E-state index in [1.165, 1.54) is 0 Å². The van der Waals surface area contributed by atoms with Crippen molar-refractivity contribution < 1.29 is 9.53 Å². The summed E-state index contributed by atoms with van der Waals surface area (Å²) in [5.74, 6) is 0. The molecule has 0 saturated carbocycles. The van der Waals surface area contributed by atoms with E-state index in [9.17, 15) is 4.79 Å². The van der Waals surface area contributed by atoms with Gasteiger partial charge in [-0.15, -0.1) is 0 Å². The Morgan fingerprint density at radius 3 is 2.85 bits per heavy atom. The summed E-state index contributed by atoms with van der Waals surface area (Å²) >= 11 is 0. The monoisotopic (exact) mass is 281 g/mol. The number of nitrogens with zero attached hydrogens (tertiary/aromatic N) is 2. The van der Waals surface area contributed by atoms with Crippen molar-refractivity contribution in [3.8, 4) is 6.07 Å². The number of hydrogen-bond donors (Lipinski definition) is 1. The highest BCUT2D eigenvalue weighted by Gasteiger charge is 2.23. The molecular weight excluding hydrogens is 254 g/mol. The van der Waals surface area contributed by atoms with Crippen molar-refractivity contribution in [1.82, 2.24) is 10.2 Å². The molecule has 0 bridgehead atoms. The van der Waals surface area contributed by atoms with E-state index in [0.717, 1.165) is 45.3 Å². The van der Waals surface area contributed by atoms with Crippen LogP contribution < -0.4 is 5.32 Å². The van der Waals surface area contributed by atoms with Crippen molar-refractivity contribution in [1.29, 1.82) is 5.26 Å². The lowest BCUT2D eigenvalue weighted by Crippen LogP contribution is -2.49. The zero-order valence-electron chi connectivity index (χ0n) is 12.9. The number of amides is 1. The lowest BCUT2D eigenvalue weighted by Gasteiger charge is -2.33. The molecule has 0 aromatic heterocycles. The smallest absolute Gasteiger partial charge is 0.407 e. The Balaban J connectivity index is 2.26. The Bertz CT molecular complexity index is 344. The van der Waals surface area contributed by atoms with E-state index >= 15 is 0 Å². The molecule has 114 valence electrons. The lowest BCUT2D eigenvalue weighted by atomic mass is 10.1. The molecule has 1 saturated heterocycles. The van der Waals surface area contributed by atoms with Gasteiger partial charge in [-0.1, -0.05) is 0 Å². The molecule has 20 heavy (non-hydrogen) atoms. The Labute approximate surface area is 122 Å². The Kier molecular flexibility index (Phi) is 6.80. The number of carbonyl (C=O) groups excluding carboxylic acids is 1. The van der Waals surface area contributed by atoms with Crippen LogP contribution in [0, 0.1) is 11.3 Å². The quantitative estimate of drug-likeness (QED) is 0.787. The van der Waals surface area contributed by atoms with Crippen LogP contribution in [-0.4, -0.2) is 42.3 Å². The minimum absolute atomic E-state index is 0.176. The van der Waals surface area contributed by atoms with Gasteiger partial charge in [0.05, 0.1) is 6.07 Å². The number of rotatable bonds is 5. The Morgan fingerprint density at radius 1 is 1.45 bits per heavy atom. The fourth-order valence-electron chi connectivity index (χ4n) is 2.39. The van der Waals surface area contributed by atoms with Gasteiger partial charge < -0.3 is 15.0 Å². The molecule has 0 aromatic carbocycles. The Morgan fingerprint density at radius 2 is 2.20 bits per heavy atom. The van der Waals surface area contributed by atoms with Gasteiger partial charge >= 0.3 is 6.09 Å². The third-order valence-corrected chi connectivity index (χ3v) is 3.24. The number of ether oxygens (including phenoxy) is 1. The van der Waals surface area contributed by atoms with Crippen LogP contribution in [0.15, 0.2) is 0 Å². The largest absolute Gasteiger partial charge is 0.444 e. The number of carbonyl (C=O) groups is 1. The second-order valence-corrected chi connectivity index (χ2v) is 6.40. The van der Waals surface area contributed by atoms with Crippen LogP contribution in [0.1, 0.15) is 52.9 Å². The van der Waals surface area contributed by atoms with E-state index < -0.39 is 5.60 Å². The number of hydrogen-bond acceptors (Lipinski definition) is 4. The summed E-state index contributed by atoms with van der Waals surface area (Å²) in [6, 6.07) is 2.35. The number of alkyl carbamates (subject to hydrolysis) is 1. The van der Waals surface area contributed by atoms with Crippen molar-refractivity contribution in [3.05, 3.63) is 0 Å². The molecule has 1 fully saturated rings. The molecule has 0 unspecified atom stereocenters. The minimum atomic E-state index is -0.449. The summed E-state index contributed by atoms with van der Waals surface area (Å²) in [4.78, 5) is 14.1. The highest BCUT2D eigenvalue weighted by molar-refractivity contribution is 5.68. The maximum atomic E-state index is 11.7. The molecule has 5 nitrogen and oxygen atoms in total. The topological polar surface area (TPSA) is 65.4 Å². The van der Waals surface area contributed by atoms with E-state index in [1.54, 1.807) is 0 Å². The van der Waals surface area contributed by atoms with Gasteiger partial charge in [-0.3, -0.25) is 0 Å². The summed E-state index contributed by atoms with van der Waals surface area (Å²) in [5.41, 5.74) is -0.449. The predicted octanol–water partition coefficient (Wildman–Crippen LogP) is 2.67. The van der Waals surface area contributed by atoms with Gasteiger partial charge in [-0.25, -0.2) is 4.79 Å². The van der Waals surface area contributed by atoms with Gasteiger partial charge in [0.1, 0.15) is 5.60 Å². The lowest BCUT2D eigenvalue weighted by molar-refractivity contribution is 0.0472. The average molecular weight is 281 g/mol. The third-order valence-electron chi connectivity index (χ3n) is 3.24. The number of piperidine rings is 1. The van der Waals surface area contributed by atoms with E-state index in [1.807, 2.05) is 20.8 Å². The SMILES string of the molecule is CC(C)(C)OC(=O)N[C@H]1CCCN(CCCCC#N)C1. The standard InChI is InChI=1S/C15H27N3O2/c1-15(2,3)20-14(19)17-13-8-7-11-18(12-13)10-6-4-5-9-16/h13H,4-8,10-12H2,1-3H3,(H,17,19)/t13-/m0/s1. The van der Waals surface area contributed by atoms with Gasteiger partial charge in [0, 0.05) is 19.0 Å². The van der Waals surface area contributed by atoms with Crippen molar-refractivity contribution in [2.45, 2.75) is 64.5 Å². The highest BCUT2D eigenvalue weighted by atomic mass is 16.6. The molecule has 1 aliphatic heterocycles. The summed E-state index contributed by atoms with van der Waals surface area (Å²) in [5, 5.41) is 11.5. The van der Waals surface area contributed by atoms with Crippen molar-refractivity contribution in [2.24, 2.45) is 0 Å². The first kappa shape index (κ1) is 16.8. The zero-order valence-corrected chi connectivity index (χ0v) is 12.9. The van der Waals surface area contributed by atoms with E-state index in [0.29, 0.717) is 6.42 Å². The van der Waals surface area contributed by atoms with Gasteiger partial charge in [0.2, 0.25) is 0 Å². The number of nitriles is 1. The van der Waals surface area contributed by atoms with Gasteiger partial charge in [0.15, 0.2) is 0 Å². The highest BCUT2D eigenvalue weighted by Crippen LogP contribution is 2.13. The molecule has 0 spiro atoms. The average Bonchev–Trinajstić information content (AvgIpc) is 2.32. The fourth-order valence-corrected chi connectivity index (χ4v) is 2.39. The van der Waals surface area contributed by atoms with Crippen molar-refractivity contribution in [2.75, 3.05) is 19.6 Å². The molecule has 1 rings (SSSR count). The third kappa shape index (κ3) is 7.34. The van der Waals surface area contributed by atoms with Crippen LogP contribution in [0.2, 0.25) is 0 Å². The van der Waals surface area contributed by atoms with Gasteiger partial charge in [-0.05, 0) is 59.5 Å². The molecule has 1 amide bonds. The van der Waals surface area contributed by atoms with Gasteiger partial charge in [0.25, 0.3) is 0 Å². The molecule has 1 atom stereocenters. The summed E-state index contributed by atoms with van der Waals surface area (Å²) in [6.45, 7) is 8.58. The van der Waals surface area contributed by atoms with Crippen LogP contribution in [0.4, 0.5) is 4.79 Å². The number of likely N-dealkylation sites (tertiary alicyclic amines) is 1. The molecular formula is C15H27N3O2. The van der Waals surface area contributed by atoms with Gasteiger partial charge in [-0.2, -0.15) is 5.26 Å². The van der Waals surface area contributed by atoms with Crippen LogP contribution in [0.5, 0.6) is 0 Å². The molecule has 1 N–H and O–H groups in total. The maximum absolute atomic E-state index is 11.7. The second-order valence-electron chi connectivity index (χ2n) is 6.40. The second kappa shape index (κ2) is 8.11. The van der Waals surface area contributed by atoms with E-state index in [2.05, 4.69) is 16.3 Å². The minimum Gasteiger partial charge on any atom is -0.444 e. The normalized spacial score (nSPS) is 20.2. The van der Waals surface area contributed by atoms with Crippen molar-refractivity contribution in [3.63, 3.8) is 0 Å². The van der Waals surface area contributed by atoms with Crippen molar-refractivity contribution >= 4 is 6.09 Å². The summed E-state index contributed by atoms with van der Waals surface area (Å²) in [7, 11) is 0. The first-order chi connectivity index (χ1) is 9.40. The van der Waals surface area contributed by atoms with Crippen LogP contribution in [-0.2, 0) is 4.74 Å². The predicted molar refractivity (Wildman–Crippen MR) is 78.3 cm³/mol. The number of unbranched alkanes of at least 4 members (excludes halogenated alkanes) is 2. The summed E-state index contributed by atoms with van der Waals surface area (Å²) < 4.78 is 5.28. The molecule has 0 aliphatic carbocycles. The molecule has 0 aromatic rings. The fraction of sp³-hybridized carbons (Fsp3) is 0.867. The summed E-state index contributed by atoms with van der Waals surface area (Å²) in [6.07, 6.45) is 4.41. The molecule has 5 heteroatoms. The zero-order chi connectivity index (χ0) is 15.0. The maximum Gasteiger partial charge on any atom is 0.407 e. The molecule has 1 aliphatic rings. The molecule has 1 heterocycles. The van der Waals surface area contributed by atoms with E-state index in [4.69, 9.17) is 10.00 Å². The Hall–Kier alpha value is -1.28. The first-order valence-electron chi connectivity index (χ1n) is 7.49. The molecule has 0 radical (unpaired) electrons.